The predicted molar refractivity (Wildman–Crippen MR) is 69.7 cm³/mol. The van der Waals surface area contributed by atoms with Crippen LogP contribution in [0.1, 0.15) is 44.9 Å². The molecule has 0 amide bonds. The molecule has 0 bridgehead atoms. The minimum atomic E-state index is -5.37. The van der Waals surface area contributed by atoms with Crippen molar-refractivity contribution in [2.24, 2.45) is 5.92 Å². The lowest BCUT2D eigenvalue weighted by Crippen LogP contribution is -2.38. The summed E-state index contributed by atoms with van der Waals surface area (Å²) < 4.78 is 63.7. The van der Waals surface area contributed by atoms with E-state index in [1.54, 1.807) is 0 Å². The number of ether oxygens (including phenoxy) is 1. The van der Waals surface area contributed by atoms with E-state index < -0.39 is 34.7 Å². The molecule has 1 fully saturated rings. The summed E-state index contributed by atoms with van der Waals surface area (Å²) in [5.41, 5.74) is -5.35. The molecule has 1 aliphatic carbocycles. The summed E-state index contributed by atoms with van der Waals surface area (Å²) in [6.45, 7) is -0.981. The lowest BCUT2D eigenvalue weighted by molar-refractivity contribution is -0.149. The second-order valence-corrected chi connectivity index (χ2v) is 6.81. The Morgan fingerprint density at radius 3 is 2.14 bits per heavy atom. The fourth-order valence-electron chi connectivity index (χ4n) is 2.22. The zero-order valence-corrected chi connectivity index (χ0v) is 12.4. The normalized spacial score (nSPS) is 18.8. The highest BCUT2D eigenvalue weighted by atomic mass is 32.2. The summed E-state index contributed by atoms with van der Waals surface area (Å²) in [6.07, 6.45) is 6.58. The number of nitrogens with one attached hydrogen (secondary N) is 1. The van der Waals surface area contributed by atoms with Gasteiger partial charge in [0.15, 0.2) is 0 Å². The third-order valence-electron chi connectivity index (χ3n) is 3.38. The van der Waals surface area contributed by atoms with Crippen molar-refractivity contribution >= 4 is 16.0 Å². The Balaban J connectivity index is 2.30. The van der Waals surface area contributed by atoms with Gasteiger partial charge < -0.3 is 4.74 Å². The first-order chi connectivity index (χ1) is 9.74. The maximum atomic E-state index is 12.0. The Kier molecular flexibility index (Phi) is 6.92. The van der Waals surface area contributed by atoms with E-state index in [2.05, 4.69) is 0 Å². The number of sulfonamides is 1. The van der Waals surface area contributed by atoms with Crippen molar-refractivity contribution in [2.45, 2.75) is 50.5 Å². The summed E-state index contributed by atoms with van der Waals surface area (Å²) in [7, 11) is -5.37. The molecule has 9 heteroatoms. The molecule has 1 N–H and O–H groups in total. The zero-order valence-electron chi connectivity index (χ0n) is 11.6. The Morgan fingerprint density at radius 2 is 1.62 bits per heavy atom. The molecule has 0 atom stereocenters. The van der Waals surface area contributed by atoms with Crippen molar-refractivity contribution < 1.29 is 31.1 Å². The van der Waals surface area contributed by atoms with Crippen LogP contribution < -0.4 is 4.72 Å². The molecule has 1 aliphatic rings. The monoisotopic (exact) mass is 331 g/mol. The summed E-state index contributed by atoms with van der Waals surface area (Å²) >= 11 is 0. The molecule has 0 aliphatic heterocycles. The van der Waals surface area contributed by atoms with Crippen LogP contribution in [-0.2, 0) is 19.6 Å². The molecule has 21 heavy (non-hydrogen) atoms. The van der Waals surface area contributed by atoms with Gasteiger partial charge in [-0.3, -0.25) is 4.79 Å². The molecule has 0 spiro atoms. The van der Waals surface area contributed by atoms with Crippen LogP contribution >= 0.6 is 0 Å². The molecule has 0 heterocycles. The number of rotatable bonds is 5. The predicted octanol–water partition coefficient (Wildman–Crippen LogP) is 2.33. The second-order valence-electron chi connectivity index (χ2n) is 5.05. The van der Waals surface area contributed by atoms with Gasteiger partial charge in [-0.25, -0.2) is 13.1 Å². The maximum Gasteiger partial charge on any atom is 0.511 e. The van der Waals surface area contributed by atoms with Crippen molar-refractivity contribution in [2.75, 3.05) is 13.2 Å². The Morgan fingerprint density at radius 1 is 1.10 bits per heavy atom. The van der Waals surface area contributed by atoms with Crippen molar-refractivity contribution in [3.8, 4) is 0 Å². The van der Waals surface area contributed by atoms with Crippen molar-refractivity contribution in [1.29, 1.82) is 0 Å². The summed E-state index contributed by atoms with van der Waals surface area (Å²) in [5, 5.41) is 0. The van der Waals surface area contributed by atoms with Crippen LogP contribution in [0.25, 0.3) is 0 Å². The van der Waals surface area contributed by atoms with Crippen LogP contribution in [-0.4, -0.2) is 33.0 Å². The molecular weight excluding hydrogens is 311 g/mol. The molecular formula is C12H20F3NO4S. The maximum absolute atomic E-state index is 12.0. The number of esters is 1. The van der Waals surface area contributed by atoms with Gasteiger partial charge in [-0.2, -0.15) is 13.2 Å². The molecule has 1 saturated carbocycles. The number of halogens is 3. The number of alkyl halides is 3. The summed E-state index contributed by atoms with van der Waals surface area (Å²) in [6, 6.07) is 0. The number of hydrogen-bond acceptors (Lipinski definition) is 4. The van der Waals surface area contributed by atoms with E-state index in [0.29, 0.717) is 12.8 Å². The standard InChI is InChI=1S/C12H20F3NO4S/c13-12(14,15)21(18,19)16-8-9-20-11(17)10-6-4-2-1-3-5-7-10/h10,16H,1-9H2. The first-order valence-electron chi connectivity index (χ1n) is 6.96. The third-order valence-corrected chi connectivity index (χ3v) is 4.58. The molecule has 0 aromatic carbocycles. The summed E-state index contributed by atoms with van der Waals surface area (Å²) in [4.78, 5) is 11.8. The fourth-order valence-corrected chi connectivity index (χ4v) is 2.73. The van der Waals surface area contributed by atoms with E-state index in [1.807, 2.05) is 0 Å². The van der Waals surface area contributed by atoms with Crippen molar-refractivity contribution in [1.82, 2.24) is 4.72 Å². The first-order valence-corrected chi connectivity index (χ1v) is 8.45. The Hall–Kier alpha value is -0.830. The highest BCUT2D eigenvalue weighted by Gasteiger charge is 2.45. The van der Waals surface area contributed by atoms with E-state index >= 15 is 0 Å². The molecule has 1 rings (SSSR count). The van der Waals surface area contributed by atoms with E-state index in [9.17, 15) is 26.4 Å². The first kappa shape index (κ1) is 18.2. The van der Waals surface area contributed by atoms with E-state index in [1.165, 1.54) is 4.72 Å². The fraction of sp³-hybridized carbons (Fsp3) is 0.917. The zero-order chi connectivity index (χ0) is 15.9. The van der Waals surface area contributed by atoms with Gasteiger partial charge >= 0.3 is 21.5 Å². The highest BCUT2D eigenvalue weighted by molar-refractivity contribution is 7.90. The van der Waals surface area contributed by atoms with Crippen LogP contribution in [0.3, 0.4) is 0 Å². The van der Waals surface area contributed by atoms with Crippen LogP contribution in [0.2, 0.25) is 0 Å². The minimum absolute atomic E-state index is 0.232. The number of carbonyl (C=O) groups excluding carboxylic acids is 1. The number of carbonyl (C=O) groups is 1. The molecule has 0 unspecified atom stereocenters. The highest BCUT2D eigenvalue weighted by Crippen LogP contribution is 2.23. The van der Waals surface area contributed by atoms with E-state index in [0.717, 1.165) is 32.1 Å². The average molecular weight is 331 g/mol. The Labute approximate surface area is 122 Å². The van der Waals surface area contributed by atoms with Gasteiger partial charge in [-0.1, -0.05) is 32.1 Å². The molecule has 0 radical (unpaired) electrons. The molecule has 124 valence electrons. The van der Waals surface area contributed by atoms with Crippen LogP contribution in [0.15, 0.2) is 0 Å². The van der Waals surface area contributed by atoms with Gasteiger partial charge in [0.2, 0.25) is 0 Å². The second kappa shape index (κ2) is 7.98. The smallest absolute Gasteiger partial charge is 0.464 e. The minimum Gasteiger partial charge on any atom is -0.464 e. The molecule has 5 nitrogen and oxygen atoms in total. The molecule has 0 aromatic rings. The van der Waals surface area contributed by atoms with Gasteiger partial charge in [0.1, 0.15) is 6.61 Å². The molecule has 0 aromatic heterocycles. The Bertz CT molecular complexity index is 428. The van der Waals surface area contributed by atoms with Crippen molar-refractivity contribution in [3.63, 3.8) is 0 Å². The SMILES string of the molecule is O=C(OCCNS(=O)(=O)C(F)(F)F)C1CCCCCCC1. The quantitative estimate of drug-likeness (QED) is 0.620. The largest absolute Gasteiger partial charge is 0.511 e. The average Bonchev–Trinajstić information content (AvgIpc) is 2.32. The van der Waals surface area contributed by atoms with Gasteiger partial charge in [0.05, 0.1) is 5.92 Å². The third kappa shape index (κ3) is 6.21. The van der Waals surface area contributed by atoms with Gasteiger partial charge in [0.25, 0.3) is 0 Å². The van der Waals surface area contributed by atoms with Crippen LogP contribution in [0, 0.1) is 5.92 Å². The van der Waals surface area contributed by atoms with Crippen LogP contribution in [0.4, 0.5) is 13.2 Å². The lowest BCUT2D eigenvalue weighted by atomic mass is 9.91. The van der Waals surface area contributed by atoms with Gasteiger partial charge in [-0.05, 0) is 12.8 Å². The molecule has 0 saturated heterocycles. The van der Waals surface area contributed by atoms with E-state index in [-0.39, 0.29) is 5.92 Å². The van der Waals surface area contributed by atoms with E-state index in [4.69, 9.17) is 4.74 Å². The summed E-state index contributed by atoms with van der Waals surface area (Å²) in [5.74, 6) is -0.687. The topological polar surface area (TPSA) is 72.5 Å². The van der Waals surface area contributed by atoms with Gasteiger partial charge in [-0.15, -0.1) is 0 Å². The van der Waals surface area contributed by atoms with Crippen molar-refractivity contribution in [3.05, 3.63) is 0 Å². The van der Waals surface area contributed by atoms with Gasteiger partial charge in [0, 0.05) is 6.54 Å². The van der Waals surface area contributed by atoms with Crippen LogP contribution in [0.5, 0.6) is 0 Å². The number of hydrogen-bond donors (Lipinski definition) is 1. The lowest BCUT2D eigenvalue weighted by Gasteiger charge is -2.18.